The minimum Gasteiger partial charge on any atom is -0.344 e. The molecule has 2 amide bonds. The van der Waals surface area contributed by atoms with Gasteiger partial charge in [-0.1, -0.05) is 37.1 Å². The van der Waals surface area contributed by atoms with Crippen LogP contribution in [0.25, 0.3) is 0 Å². The molecule has 114 valence electrons. The van der Waals surface area contributed by atoms with Gasteiger partial charge in [0.15, 0.2) is 0 Å². The van der Waals surface area contributed by atoms with Crippen LogP contribution in [0.4, 0.5) is 0 Å². The van der Waals surface area contributed by atoms with Crippen molar-refractivity contribution < 1.29 is 9.59 Å². The van der Waals surface area contributed by atoms with Gasteiger partial charge in [0, 0.05) is 26.2 Å². The van der Waals surface area contributed by atoms with Crippen molar-refractivity contribution in [3.8, 4) is 0 Å². The summed E-state index contributed by atoms with van der Waals surface area (Å²) in [6.07, 6.45) is 4.24. The number of nitrogens with two attached hydrogens (primary N) is 1. The molecule has 0 unspecified atom stereocenters. The lowest BCUT2D eigenvalue weighted by Gasteiger charge is -2.19. The van der Waals surface area contributed by atoms with Crippen molar-refractivity contribution in [3.63, 3.8) is 0 Å². The summed E-state index contributed by atoms with van der Waals surface area (Å²) in [5.41, 5.74) is 7.56. The second-order valence-corrected chi connectivity index (χ2v) is 5.41. The number of carbonyl (C=O) groups is 2. The Morgan fingerprint density at radius 2 is 1.76 bits per heavy atom. The second kappa shape index (κ2) is 7.78. The number of rotatable bonds is 3. The van der Waals surface area contributed by atoms with Gasteiger partial charge in [0.1, 0.15) is 0 Å². The quantitative estimate of drug-likeness (QED) is 0.820. The van der Waals surface area contributed by atoms with Crippen LogP contribution in [0.2, 0.25) is 0 Å². The number of amides is 2. The molecule has 1 fully saturated rings. The van der Waals surface area contributed by atoms with E-state index in [2.05, 4.69) is 5.32 Å². The van der Waals surface area contributed by atoms with Gasteiger partial charge in [0.05, 0.1) is 0 Å². The van der Waals surface area contributed by atoms with Gasteiger partial charge in [-0.15, -0.1) is 0 Å². The SMILES string of the molecule is NCc1cccc(CNC(=O)C(=O)N2CCCCCC2)c1. The fourth-order valence-electron chi connectivity index (χ4n) is 2.54. The van der Waals surface area contributed by atoms with Crippen molar-refractivity contribution >= 4 is 11.8 Å². The van der Waals surface area contributed by atoms with E-state index in [-0.39, 0.29) is 0 Å². The fourth-order valence-corrected chi connectivity index (χ4v) is 2.54. The Morgan fingerprint density at radius 1 is 1.10 bits per heavy atom. The molecule has 3 N–H and O–H groups in total. The van der Waals surface area contributed by atoms with E-state index in [0.717, 1.165) is 36.8 Å². The topological polar surface area (TPSA) is 75.4 Å². The standard InChI is InChI=1S/C16H23N3O2/c17-11-13-6-5-7-14(10-13)12-18-15(20)16(21)19-8-3-1-2-4-9-19/h5-7,10H,1-4,8-9,11-12,17H2,(H,18,20). The minimum atomic E-state index is -0.518. The van der Waals surface area contributed by atoms with Gasteiger partial charge in [0.25, 0.3) is 0 Å². The third kappa shape index (κ3) is 4.56. The lowest BCUT2D eigenvalue weighted by Crippen LogP contribution is -2.43. The molecule has 1 heterocycles. The summed E-state index contributed by atoms with van der Waals surface area (Å²) in [5.74, 6) is -0.929. The summed E-state index contributed by atoms with van der Waals surface area (Å²) >= 11 is 0. The van der Waals surface area contributed by atoms with Crippen LogP contribution in [0.1, 0.15) is 36.8 Å². The number of benzene rings is 1. The number of nitrogens with one attached hydrogen (secondary N) is 1. The van der Waals surface area contributed by atoms with Crippen LogP contribution in [0.3, 0.4) is 0 Å². The molecule has 0 aromatic heterocycles. The summed E-state index contributed by atoms with van der Waals surface area (Å²) in [4.78, 5) is 25.7. The van der Waals surface area contributed by atoms with E-state index < -0.39 is 11.8 Å². The highest BCUT2D eigenvalue weighted by Gasteiger charge is 2.22. The second-order valence-electron chi connectivity index (χ2n) is 5.41. The maximum Gasteiger partial charge on any atom is 0.311 e. The lowest BCUT2D eigenvalue weighted by atomic mass is 10.1. The van der Waals surface area contributed by atoms with Crippen LogP contribution in [-0.4, -0.2) is 29.8 Å². The molecule has 21 heavy (non-hydrogen) atoms. The molecular formula is C16H23N3O2. The van der Waals surface area contributed by atoms with Crippen molar-refractivity contribution in [1.82, 2.24) is 10.2 Å². The summed E-state index contributed by atoms with van der Waals surface area (Å²) in [5, 5.41) is 2.70. The Kier molecular flexibility index (Phi) is 5.75. The van der Waals surface area contributed by atoms with Crippen LogP contribution < -0.4 is 11.1 Å². The summed E-state index contributed by atoms with van der Waals surface area (Å²) in [7, 11) is 0. The van der Waals surface area contributed by atoms with Gasteiger partial charge in [0.2, 0.25) is 0 Å². The first-order chi connectivity index (χ1) is 10.2. The molecule has 1 aliphatic rings. The summed E-state index contributed by atoms with van der Waals surface area (Å²) in [6, 6.07) is 7.69. The Hall–Kier alpha value is -1.88. The van der Waals surface area contributed by atoms with E-state index in [1.807, 2.05) is 24.3 Å². The zero-order valence-electron chi connectivity index (χ0n) is 12.3. The Bertz CT molecular complexity index is 494. The molecule has 0 spiro atoms. The third-order valence-corrected chi connectivity index (χ3v) is 3.77. The average Bonchev–Trinajstić information content (AvgIpc) is 2.81. The molecule has 0 aliphatic carbocycles. The van der Waals surface area contributed by atoms with E-state index in [1.165, 1.54) is 0 Å². The highest BCUT2D eigenvalue weighted by atomic mass is 16.2. The van der Waals surface area contributed by atoms with E-state index >= 15 is 0 Å². The number of hydrogen-bond acceptors (Lipinski definition) is 3. The normalized spacial score (nSPS) is 15.4. The molecular weight excluding hydrogens is 266 g/mol. The van der Waals surface area contributed by atoms with Crippen molar-refractivity contribution in [2.75, 3.05) is 13.1 Å². The number of likely N-dealkylation sites (tertiary alicyclic amines) is 1. The van der Waals surface area contributed by atoms with E-state index in [9.17, 15) is 9.59 Å². The van der Waals surface area contributed by atoms with Crippen LogP contribution in [0.15, 0.2) is 24.3 Å². The number of nitrogens with zero attached hydrogens (tertiary/aromatic N) is 1. The van der Waals surface area contributed by atoms with Crippen LogP contribution >= 0.6 is 0 Å². The molecule has 5 nitrogen and oxygen atoms in total. The van der Waals surface area contributed by atoms with Gasteiger partial charge < -0.3 is 16.0 Å². The smallest absolute Gasteiger partial charge is 0.311 e. The average molecular weight is 289 g/mol. The molecule has 0 bridgehead atoms. The van der Waals surface area contributed by atoms with Gasteiger partial charge in [-0.05, 0) is 24.0 Å². The fraction of sp³-hybridized carbons (Fsp3) is 0.500. The third-order valence-electron chi connectivity index (χ3n) is 3.77. The number of carbonyl (C=O) groups excluding carboxylic acids is 2. The first-order valence-corrected chi connectivity index (χ1v) is 7.55. The molecule has 1 aromatic carbocycles. The lowest BCUT2D eigenvalue weighted by molar-refractivity contribution is -0.145. The molecule has 0 saturated carbocycles. The minimum absolute atomic E-state index is 0.353. The number of hydrogen-bond donors (Lipinski definition) is 2. The maximum absolute atomic E-state index is 12.1. The molecule has 5 heteroatoms. The van der Waals surface area contributed by atoms with Crippen LogP contribution in [-0.2, 0) is 22.7 Å². The maximum atomic E-state index is 12.1. The Balaban J connectivity index is 1.86. The van der Waals surface area contributed by atoms with Gasteiger partial charge >= 0.3 is 11.8 Å². The Labute approximate surface area is 125 Å². The van der Waals surface area contributed by atoms with Crippen molar-refractivity contribution in [3.05, 3.63) is 35.4 Å². The van der Waals surface area contributed by atoms with Crippen LogP contribution in [0, 0.1) is 0 Å². The van der Waals surface area contributed by atoms with Gasteiger partial charge in [-0.25, -0.2) is 0 Å². The highest BCUT2D eigenvalue weighted by molar-refractivity contribution is 6.34. The molecule has 1 saturated heterocycles. The summed E-state index contributed by atoms with van der Waals surface area (Å²) < 4.78 is 0. The van der Waals surface area contributed by atoms with Gasteiger partial charge in [-0.2, -0.15) is 0 Å². The molecule has 2 rings (SSSR count). The molecule has 1 aliphatic heterocycles. The van der Waals surface area contributed by atoms with Crippen molar-refractivity contribution in [1.29, 1.82) is 0 Å². The molecule has 1 aromatic rings. The predicted octanol–water partition coefficient (Wildman–Crippen LogP) is 1.16. The monoisotopic (exact) mass is 289 g/mol. The highest BCUT2D eigenvalue weighted by Crippen LogP contribution is 2.10. The first-order valence-electron chi connectivity index (χ1n) is 7.55. The van der Waals surface area contributed by atoms with Crippen LogP contribution in [0.5, 0.6) is 0 Å². The van der Waals surface area contributed by atoms with E-state index in [4.69, 9.17) is 5.73 Å². The van der Waals surface area contributed by atoms with Gasteiger partial charge in [-0.3, -0.25) is 9.59 Å². The van der Waals surface area contributed by atoms with E-state index in [0.29, 0.717) is 26.2 Å². The molecule has 0 atom stereocenters. The zero-order valence-corrected chi connectivity index (χ0v) is 12.3. The Morgan fingerprint density at radius 3 is 2.43 bits per heavy atom. The largest absolute Gasteiger partial charge is 0.344 e. The molecule has 0 radical (unpaired) electrons. The zero-order chi connectivity index (χ0) is 15.1. The first kappa shape index (κ1) is 15.5. The predicted molar refractivity (Wildman–Crippen MR) is 81.2 cm³/mol. The van der Waals surface area contributed by atoms with Crippen molar-refractivity contribution in [2.45, 2.75) is 38.8 Å². The van der Waals surface area contributed by atoms with Crippen molar-refractivity contribution in [2.24, 2.45) is 5.73 Å². The summed E-state index contributed by atoms with van der Waals surface area (Å²) in [6.45, 7) is 2.20. The van der Waals surface area contributed by atoms with E-state index in [1.54, 1.807) is 4.90 Å².